The second-order valence-electron chi connectivity index (χ2n) is 5.12. The molecule has 1 fully saturated rings. The number of nitrogen functional groups attached to an aromatic ring is 1. The molecule has 1 atom stereocenters. The monoisotopic (exact) mass is 265 g/mol. The zero-order valence-corrected chi connectivity index (χ0v) is 11.9. The van der Waals surface area contributed by atoms with Crippen molar-refractivity contribution < 1.29 is 4.74 Å². The van der Waals surface area contributed by atoms with Gasteiger partial charge in [0.1, 0.15) is 17.5 Å². The van der Waals surface area contributed by atoms with E-state index in [4.69, 9.17) is 10.6 Å². The third kappa shape index (κ3) is 3.33. The zero-order valence-electron chi connectivity index (χ0n) is 11.9. The van der Waals surface area contributed by atoms with E-state index in [1.165, 1.54) is 0 Å². The van der Waals surface area contributed by atoms with E-state index >= 15 is 0 Å². The number of nitrogens with zero attached hydrogens (tertiary/aromatic N) is 3. The number of hydrogen-bond acceptors (Lipinski definition) is 6. The molecule has 0 aromatic carbocycles. The number of hydrazine groups is 1. The minimum Gasteiger partial charge on any atom is -0.375 e. The van der Waals surface area contributed by atoms with Crippen LogP contribution in [0, 0.1) is 0 Å². The highest BCUT2D eigenvalue weighted by molar-refractivity contribution is 5.49. The molecular weight excluding hydrogens is 242 g/mol. The van der Waals surface area contributed by atoms with Crippen molar-refractivity contribution in [2.24, 2.45) is 5.84 Å². The van der Waals surface area contributed by atoms with Crippen molar-refractivity contribution in [3.8, 4) is 0 Å². The van der Waals surface area contributed by atoms with E-state index in [1.807, 2.05) is 6.07 Å². The Balaban J connectivity index is 2.25. The number of hydrogen-bond donors (Lipinski definition) is 2. The highest BCUT2D eigenvalue weighted by atomic mass is 16.5. The molecule has 6 heteroatoms. The van der Waals surface area contributed by atoms with E-state index in [0.717, 1.165) is 37.8 Å². The van der Waals surface area contributed by atoms with Crippen molar-refractivity contribution in [1.82, 2.24) is 9.97 Å². The van der Waals surface area contributed by atoms with Gasteiger partial charge in [-0.05, 0) is 6.42 Å². The first-order valence-corrected chi connectivity index (χ1v) is 6.86. The van der Waals surface area contributed by atoms with Crippen LogP contribution in [0.15, 0.2) is 6.07 Å². The van der Waals surface area contributed by atoms with Crippen LogP contribution in [0.4, 0.5) is 11.6 Å². The fourth-order valence-electron chi connectivity index (χ4n) is 2.12. The standard InChI is InChI=1S/C13H23N5O/c1-4-10-8-18(5-6-19-10)12-7-11(17-14)15-13(16-12)9(2)3/h7,9-10H,4-6,8,14H2,1-3H3,(H,15,16,17). The van der Waals surface area contributed by atoms with Crippen molar-refractivity contribution in [3.05, 3.63) is 11.9 Å². The van der Waals surface area contributed by atoms with Crippen LogP contribution in [-0.4, -0.2) is 35.8 Å². The molecule has 0 saturated carbocycles. The smallest absolute Gasteiger partial charge is 0.145 e. The molecule has 19 heavy (non-hydrogen) atoms. The Bertz CT molecular complexity index is 423. The zero-order chi connectivity index (χ0) is 13.8. The summed E-state index contributed by atoms with van der Waals surface area (Å²) in [7, 11) is 0. The first-order valence-electron chi connectivity index (χ1n) is 6.86. The van der Waals surface area contributed by atoms with Crippen molar-refractivity contribution in [2.75, 3.05) is 30.0 Å². The van der Waals surface area contributed by atoms with Crippen molar-refractivity contribution in [3.63, 3.8) is 0 Å². The Morgan fingerprint density at radius 2 is 2.32 bits per heavy atom. The molecule has 2 rings (SSSR count). The van der Waals surface area contributed by atoms with Gasteiger partial charge >= 0.3 is 0 Å². The largest absolute Gasteiger partial charge is 0.375 e. The molecule has 1 unspecified atom stereocenters. The van der Waals surface area contributed by atoms with Crippen LogP contribution >= 0.6 is 0 Å². The van der Waals surface area contributed by atoms with Gasteiger partial charge in [0.15, 0.2) is 0 Å². The fourth-order valence-corrected chi connectivity index (χ4v) is 2.12. The summed E-state index contributed by atoms with van der Waals surface area (Å²) in [5.41, 5.74) is 2.62. The van der Waals surface area contributed by atoms with Gasteiger partial charge in [-0.2, -0.15) is 0 Å². The number of nitrogens with two attached hydrogens (primary N) is 1. The molecule has 0 bridgehead atoms. The molecule has 0 amide bonds. The van der Waals surface area contributed by atoms with E-state index in [9.17, 15) is 0 Å². The fraction of sp³-hybridized carbons (Fsp3) is 0.692. The average molecular weight is 265 g/mol. The predicted molar refractivity (Wildman–Crippen MR) is 76.2 cm³/mol. The van der Waals surface area contributed by atoms with Crippen LogP contribution in [0.5, 0.6) is 0 Å². The molecule has 2 heterocycles. The molecule has 1 aromatic rings. The SMILES string of the molecule is CCC1CN(c2cc(NN)nc(C(C)C)n2)CCO1. The Hall–Kier alpha value is -1.40. The van der Waals surface area contributed by atoms with Gasteiger partial charge in [0.2, 0.25) is 0 Å². The molecule has 1 aliphatic heterocycles. The molecule has 0 spiro atoms. The summed E-state index contributed by atoms with van der Waals surface area (Å²) >= 11 is 0. The predicted octanol–water partition coefficient (Wildman–Crippen LogP) is 1.50. The van der Waals surface area contributed by atoms with Crippen LogP contribution in [-0.2, 0) is 4.74 Å². The molecule has 1 aromatic heterocycles. The molecule has 6 nitrogen and oxygen atoms in total. The van der Waals surface area contributed by atoms with Gasteiger partial charge in [0.25, 0.3) is 0 Å². The lowest BCUT2D eigenvalue weighted by Crippen LogP contribution is -2.42. The second kappa shape index (κ2) is 6.16. The Labute approximate surface area is 114 Å². The third-order valence-electron chi connectivity index (χ3n) is 3.31. The summed E-state index contributed by atoms with van der Waals surface area (Å²) in [6.45, 7) is 8.76. The molecule has 3 N–H and O–H groups in total. The van der Waals surface area contributed by atoms with E-state index in [2.05, 4.69) is 41.1 Å². The minimum atomic E-state index is 0.273. The van der Waals surface area contributed by atoms with Gasteiger partial charge in [-0.25, -0.2) is 15.8 Å². The minimum absolute atomic E-state index is 0.273. The van der Waals surface area contributed by atoms with E-state index in [-0.39, 0.29) is 12.0 Å². The molecule has 0 radical (unpaired) electrons. The van der Waals surface area contributed by atoms with Crippen LogP contribution in [0.3, 0.4) is 0 Å². The number of nitrogens with one attached hydrogen (secondary N) is 1. The highest BCUT2D eigenvalue weighted by Crippen LogP contribution is 2.22. The summed E-state index contributed by atoms with van der Waals surface area (Å²) in [4.78, 5) is 11.3. The molecule has 1 saturated heterocycles. The maximum absolute atomic E-state index is 5.69. The number of ether oxygens (including phenoxy) is 1. The maximum atomic E-state index is 5.69. The maximum Gasteiger partial charge on any atom is 0.145 e. The van der Waals surface area contributed by atoms with Crippen LogP contribution in [0.2, 0.25) is 0 Å². The van der Waals surface area contributed by atoms with Crippen molar-refractivity contribution >= 4 is 11.6 Å². The van der Waals surface area contributed by atoms with E-state index in [0.29, 0.717) is 5.82 Å². The third-order valence-corrected chi connectivity index (χ3v) is 3.31. The quantitative estimate of drug-likeness (QED) is 0.634. The van der Waals surface area contributed by atoms with Gasteiger partial charge < -0.3 is 15.1 Å². The lowest BCUT2D eigenvalue weighted by molar-refractivity contribution is 0.0381. The number of morpholine rings is 1. The molecule has 1 aliphatic rings. The van der Waals surface area contributed by atoms with Gasteiger partial charge in [0.05, 0.1) is 12.7 Å². The number of anilines is 2. The van der Waals surface area contributed by atoms with Crippen LogP contribution < -0.4 is 16.2 Å². The number of aromatic nitrogens is 2. The lowest BCUT2D eigenvalue weighted by Gasteiger charge is -2.33. The summed E-state index contributed by atoms with van der Waals surface area (Å²) in [5, 5.41) is 0. The topological polar surface area (TPSA) is 76.3 Å². The first kappa shape index (κ1) is 14.0. The van der Waals surface area contributed by atoms with Gasteiger partial charge in [-0.3, -0.25) is 0 Å². The van der Waals surface area contributed by atoms with Crippen molar-refractivity contribution in [2.45, 2.75) is 39.2 Å². The summed E-state index contributed by atoms with van der Waals surface area (Å²) in [6.07, 6.45) is 1.29. The first-order chi connectivity index (χ1) is 9.13. The Kier molecular flexibility index (Phi) is 4.55. The molecular formula is C13H23N5O. The summed E-state index contributed by atoms with van der Waals surface area (Å²) in [5.74, 6) is 8.16. The van der Waals surface area contributed by atoms with Gasteiger partial charge in [-0.15, -0.1) is 0 Å². The number of rotatable bonds is 4. The normalized spacial score (nSPS) is 19.8. The Morgan fingerprint density at radius 1 is 1.53 bits per heavy atom. The Morgan fingerprint density at radius 3 is 2.95 bits per heavy atom. The molecule has 106 valence electrons. The van der Waals surface area contributed by atoms with E-state index in [1.54, 1.807) is 0 Å². The summed E-state index contributed by atoms with van der Waals surface area (Å²) < 4.78 is 5.69. The second-order valence-corrected chi connectivity index (χ2v) is 5.12. The van der Waals surface area contributed by atoms with Crippen molar-refractivity contribution in [1.29, 1.82) is 0 Å². The van der Waals surface area contributed by atoms with Gasteiger partial charge in [0, 0.05) is 25.1 Å². The lowest BCUT2D eigenvalue weighted by atomic mass is 10.2. The molecule has 0 aliphatic carbocycles. The van der Waals surface area contributed by atoms with Gasteiger partial charge in [-0.1, -0.05) is 20.8 Å². The summed E-state index contributed by atoms with van der Waals surface area (Å²) in [6, 6.07) is 1.89. The van der Waals surface area contributed by atoms with Crippen LogP contribution in [0.1, 0.15) is 38.9 Å². The van der Waals surface area contributed by atoms with Crippen LogP contribution in [0.25, 0.3) is 0 Å². The highest BCUT2D eigenvalue weighted by Gasteiger charge is 2.21. The van der Waals surface area contributed by atoms with E-state index < -0.39 is 0 Å². The average Bonchev–Trinajstić information content (AvgIpc) is 2.46.